The molecule has 0 bridgehead atoms. The second-order valence-corrected chi connectivity index (χ2v) is 4.92. The van der Waals surface area contributed by atoms with Crippen molar-refractivity contribution in [2.24, 2.45) is 0 Å². The van der Waals surface area contributed by atoms with Crippen molar-refractivity contribution in [3.05, 3.63) is 58.6 Å². The number of nitrogens with one attached hydrogen (secondary N) is 1. The first-order valence-electron chi connectivity index (χ1n) is 6.51. The lowest BCUT2D eigenvalue weighted by molar-refractivity contribution is 0.102. The van der Waals surface area contributed by atoms with Gasteiger partial charge in [-0.05, 0) is 48.9 Å². The van der Waals surface area contributed by atoms with Crippen LogP contribution in [-0.4, -0.2) is 24.2 Å². The molecule has 0 aliphatic heterocycles. The zero-order chi connectivity index (χ0) is 15.2. The Morgan fingerprint density at radius 1 is 1.24 bits per heavy atom. The predicted molar refractivity (Wildman–Crippen MR) is 83.2 cm³/mol. The number of halogens is 1. The van der Waals surface area contributed by atoms with Crippen LogP contribution < -0.4 is 10.1 Å². The summed E-state index contributed by atoms with van der Waals surface area (Å²) in [6.45, 7) is 2.09. The lowest BCUT2D eigenvalue weighted by Gasteiger charge is -2.08. The molecule has 0 aromatic heterocycles. The van der Waals surface area contributed by atoms with Crippen molar-refractivity contribution in [2.75, 3.05) is 18.5 Å². The fourth-order valence-electron chi connectivity index (χ4n) is 1.74. The Bertz CT molecular complexity index is 626. The van der Waals surface area contributed by atoms with Crippen LogP contribution in [0.25, 0.3) is 0 Å². The van der Waals surface area contributed by atoms with Crippen molar-refractivity contribution in [2.45, 2.75) is 6.92 Å². The van der Waals surface area contributed by atoms with Gasteiger partial charge in [0.1, 0.15) is 12.4 Å². The summed E-state index contributed by atoms with van der Waals surface area (Å²) in [6, 6.07) is 12.1. The molecule has 0 saturated heterocycles. The van der Waals surface area contributed by atoms with E-state index in [0.29, 0.717) is 22.0 Å². The van der Waals surface area contributed by atoms with Crippen LogP contribution in [0, 0.1) is 6.92 Å². The number of benzene rings is 2. The van der Waals surface area contributed by atoms with E-state index in [4.69, 9.17) is 21.4 Å². The monoisotopic (exact) mass is 305 g/mol. The summed E-state index contributed by atoms with van der Waals surface area (Å²) in [6.07, 6.45) is 0. The van der Waals surface area contributed by atoms with Gasteiger partial charge in [-0.15, -0.1) is 0 Å². The molecule has 2 aromatic rings. The van der Waals surface area contributed by atoms with E-state index in [2.05, 4.69) is 5.32 Å². The molecule has 0 aliphatic carbocycles. The van der Waals surface area contributed by atoms with Crippen LogP contribution >= 0.6 is 11.6 Å². The molecule has 2 rings (SSSR count). The van der Waals surface area contributed by atoms with Gasteiger partial charge < -0.3 is 15.2 Å². The van der Waals surface area contributed by atoms with Gasteiger partial charge in [0.15, 0.2) is 0 Å². The fourth-order valence-corrected chi connectivity index (χ4v) is 1.92. The number of aliphatic hydroxyl groups excluding tert-OH is 1. The highest BCUT2D eigenvalue weighted by Gasteiger charge is 2.08. The lowest BCUT2D eigenvalue weighted by Crippen LogP contribution is -2.11. The first-order chi connectivity index (χ1) is 10.1. The number of hydrogen-bond donors (Lipinski definition) is 2. The van der Waals surface area contributed by atoms with Crippen LogP contribution in [-0.2, 0) is 0 Å². The molecule has 0 saturated carbocycles. The van der Waals surface area contributed by atoms with Gasteiger partial charge in [-0.3, -0.25) is 4.79 Å². The molecule has 0 heterocycles. The molecular formula is C16H16ClNO3. The summed E-state index contributed by atoms with van der Waals surface area (Å²) < 4.78 is 5.25. The maximum absolute atomic E-state index is 12.1. The molecule has 2 aromatic carbocycles. The van der Waals surface area contributed by atoms with Crippen LogP contribution in [0.1, 0.15) is 15.9 Å². The van der Waals surface area contributed by atoms with Gasteiger partial charge >= 0.3 is 0 Å². The fraction of sp³-hybridized carbons (Fsp3) is 0.188. The number of anilines is 1. The standard InChI is InChI=1S/C16H16ClNO3/c1-11-2-3-12(10-15(11)17)16(20)18-13-4-6-14(7-5-13)21-9-8-19/h2-7,10,19H,8-9H2,1H3,(H,18,20). The molecule has 0 unspecified atom stereocenters. The number of aryl methyl sites for hydroxylation is 1. The van der Waals surface area contributed by atoms with Gasteiger partial charge in [0, 0.05) is 16.3 Å². The van der Waals surface area contributed by atoms with Gasteiger partial charge in [-0.25, -0.2) is 0 Å². The number of hydrogen-bond acceptors (Lipinski definition) is 3. The Labute approximate surface area is 128 Å². The predicted octanol–water partition coefficient (Wildman–Crippen LogP) is 3.27. The molecule has 0 atom stereocenters. The third-order valence-electron chi connectivity index (χ3n) is 2.91. The second-order valence-electron chi connectivity index (χ2n) is 4.51. The first kappa shape index (κ1) is 15.4. The third kappa shape index (κ3) is 4.21. The highest BCUT2D eigenvalue weighted by Crippen LogP contribution is 2.19. The molecule has 0 spiro atoms. The number of carbonyl (C=O) groups is 1. The van der Waals surface area contributed by atoms with Crippen LogP contribution in [0.4, 0.5) is 5.69 Å². The smallest absolute Gasteiger partial charge is 0.255 e. The summed E-state index contributed by atoms with van der Waals surface area (Å²) in [5.74, 6) is 0.418. The Kier molecular flexibility index (Phi) is 5.20. The van der Waals surface area contributed by atoms with Crippen LogP contribution in [0.15, 0.2) is 42.5 Å². The number of aliphatic hydroxyl groups is 1. The molecule has 110 valence electrons. The Balaban J connectivity index is 2.03. The minimum atomic E-state index is -0.221. The van der Waals surface area contributed by atoms with Crippen LogP contribution in [0.3, 0.4) is 0 Å². The summed E-state index contributed by atoms with van der Waals surface area (Å²) in [7, 11) is 0. The Morgan fingerprint density at radius 2 is 1.95 bits per heavy atom. The maximum Gasteiger partial charge on any atom is 0.255 e. The van der Waals surface area contributed by atoms with Gasteiger partial charge in [-0.2, -0.15) is 0 Å². The highest BCUT2D eigenvalue weighted by molar-refractivity contribution is 6.31. The lowest BCUT2D eigenvalue weighted by atomic mass is 10.1. The van der Waals surface area contributed by atoms with Gasteiger partial charge in [0.25, 0.3) is 5.91 Å². The quantitative estimate of drug-likeness (QED) is 0.891. The Morgan fingerprint density at radius 3 is 2.57 bits per heavy atom. The first-order valence-corrected chi connectivity index (χ1v) is 6.89. The van der Waals surface area contributed by atoms with E-state index < -0.39 is 0 Å². The van der Waals surface area contributed by atoms with E-state index in [1.54, 1.807) is 36.4 Å². The third-order valence-corrected chi connectivity index (χ3v) is 3.31. The molecule has 21 heavy (non-hydrogen) atoms. The van der Waals surface area contributed by atoms with Crippen LogP contribution in [0.2, 0.25) is 5.02 Å². The SMILES string of the molecule is Cc1ccc(C(=O)Nc2ccc(OCCO)cc2)cc1Cl. The largest absolute Gasteiger partial charge is 0.491 e. The molecule has 0 aliphatic rings. The van der Waals surface area contributed by atoms with E-state index in [0.717, 1.165) is 5.56 Å². The number of amides is 1. The van der Waals surface area contributed by atoms with E-state index >= 15 is 0 Å². The average molecular weight is 306 g/mol. The van der Waals surface area contributed by atoms with Crippen molar-refractivity contribution < 1.29 is 14.6 Å². The van der Waals surface area contributed by atoms with Crippen LogP contribution in [0.5, 0.6) is 5.75 Å². The summed E-state index contributed by atoms with van der Waals surface area (Å²) in [5, 5.41) is 12.0. The number of rotatable bonds is 5. The average Bonchev–Trinajstić information content (AvgIpc) is 2.49. The molecule has 5 heteroatoms. The maximum atomic E-state index is 12.1. The van der Waals surface area contributed by atoms with E-state index in [1.807, 2.05) is 13.0 Å². The van der Waals surface area contributed by atoms with Gasteiger partial charge in [-0.1, -0.05) is 17.7 Å². The molecule has 0 radical (unpaired) electrons. The summed E-state index contributed by atoms with van der Waals surface area (Å²) >= 11 is 6.01. The van der Waals surface area contributed by atoms with Crippen molar-refractivity contribution >= 4 is 23.2 Å². The second kappa shape index (κ2) is 7.11. The Hall–Kier alpha value is -2.04. The molecule has 2 N–H and O–H groups in total. The van der Waals surface area contributed by atoms with E-state index in [1.165, 1.54) is 0 Å². The van der Waals surface area contributed by atoms with Gasteiger partial charge in [0.2, 0.25) is 0 Å². The minimum Gasteiger partial charge on any atom is -0.491 e. The molecule has 0 fully saturated rings. The summed E-state index contributed by atoms with van der Waals surface area (Å²) in [5.41, 5.74) is 2.10. The van der Waals surface area contributed by atoms with Gasteiger partial charge in [0.05, 0.1) is 6.61 Å². The number of ether oxygens (including phenoxy) is 1. The van der Waals surface area contributed by atoms with Crippen molar-refractivity contribution in [1.82, 2.24) is 0 Å². The van der Waals surface area contributed by atoms with E-state index in [9.17, 15) is 4.79 Å². The minimum absolute atomic E-state index is 0.0350. The molecular weight excluding hydrogens is 290 g/mol. The van der Waals surface area contributed by atoms with Crippen molar-refractivity contribution in [1.29, 1.82) is 0 Å². The molecule has 1 amide bonds. The zero-order valence-electron chi connectivity index (χ0n) is 11.6. The normalized spacial score (nSPS) is 10.2. The molecule has 4 nitrogen and oxygen atoms in total. The summed E-state index contributed by atoms with van der Waals surface area (Å²) in [4.78, 5) is 12.1. The number of carbonyl (C=O) groups excluding carboxylic acids is 1. The van der Waals surface area contributed by atoms with Crippen molar-refractivity contribution in [3.8, 4) is 5.75 Å². The van der Waals surface area contributed by atoms with E-state index in [-0.39, 0.29) is 19.1 Å². The zero-order valence-corrected chi connectivity index (χ0v) is 12.4. The highest BCUT2D eigenvalue weighted by atomic mass is 35.5. The van der Waals surface area contributed by atoms with Crippen molar-refractivity contribution in [3.63, 3.8) is 0 Å². The topological polar surface area (TPSA) is 58.6 Å².